The predicted octanol–water partition coefficient (Wildman–Crippen LogP) is 5.38. The smallest absolute Gasteiger partial charge is 0.238 e. The van der Waals surface area contributed by atoms with E-state index in [-0.39, 0.29) is 12.5 Å². The summed E-state index contributed by atoms with van der Waals surface area (Å²) in [5.74, 6) is 2.25. The Balaban J connectivity index is 1.54. The number of fused-ring (bicyclic) bond motifs is 2. The number of rotatable bonds is 4. The summed E-state index contributed by atoms with van der Waals surface area (Å²) in [6.07, 6.45) is 0. The lowest BCUT2D eigenvalue weighted by Gasteiger charge is -2.22. The van der Waals surface area contributed by atoms with Gasteiger partial charge in [0.25, 0.3) is 0 Å². The Labute approximate surface area is 210 Å². The van der Waals surface area contributed by atoms with Gasteiger partial charge in [0.05, 0.1) is 32.1 Å². The molecule has 3 aromatic carbocycles. The zero-order valence-corrected chi connectivity index (χ0v) is 20.4. The number of anilines is 1. The van der Waals surface area contributed by atoms with Gasteiger partial charge in [-0.2, -0.15) is 0 Å². The van der Waals surface area contributed by atoms with Crippen LogP contribution in [0.3, 0.4) is 0 Å². The molecule has 0 aliphatic carbocycles. The lowest BCUT2D eigenvalue weighted by Crippen LogP contribution is -2.35. The number of nitrogens with one attached hydrogen (secondary N) is 1. The number of para-hydroxylation sites is 2. The van der Waals surface area contributed by atoms with E-state index in [2.05, 4.69) is 5.32 Å². The molecule has 1 aliphatic rings. The van der Waals surface area contributed by atoms with Gasteiger partial charge in [-0.05, 0) is 55.0 Å². The fourth-order valence-electron chi connectivity index (χ4n) is 3.69. The van der Waals surface area contributed by atoms with Crippen LogP contribution in [0.2, 0.25) is 5.02 Å². The molecule has 8 heteroatoms. The number of amides is 1. The minimum Gasteiger partial charge on any atom is -0.494 e. The summed E-state index contributed by atoms with van der Waals surface area (Å²) in [6, 6.07) is 20.4. The molecule has 1 N–H and O–H groups in total. The van der Waals surface area contributed by atoms with Crippen molar-refractivity contribution in [2.24, 2.45) is 0 Å². The molecule has 7 nitrogen and oxygen atoms in total. The van der Waals surface area contributed by atoms with Crippen LogP contribution in [0.1, 0.15) is 12.5 Å². The van der Waals surface area contributed by atoms with Crippen LogP contribution in [-0.4, -0.2) is 50.3 Å². The van der Waals surface area contributed by atoms with Crippen LogP contribution in [-0.2, 0) is 16.1 Å². The molecule has 0 fully saturated rings. The third-order valence-electron chi connectivity index (χ3n) is 5.33. The minimum absolute atomic E-state index is 0.176. The van der Waals surface area contributed by atoms with Crippen LogP contribution in [0, 0.1) is 0 Å². The van der Waals surface area contributed by atoms with Gasteiger partial charge in [0.15, 0.2) is 17.2 Å². The van der Waals surface area contributed by atoms with Crippen LogP contribution in [0.4, 0.5) is 5.69 Å². The van der Waals surface area contributed by atoms with E-state index in [1.807, 2.05) is 60.4 Å². The van der Waals surface area contributed by atoms with Gasteiger partial charge in [0.2, 0.25) is 5.91 Å². The summed E-state index contributed by atoms with van der Waals surface area (Å²) in [4.78, 5) is 15.1. The maximum absolute atomic E-state index is 13.0. The van der Waals surface area contributed by atoms with Crippen LogP contribution in [0.15, 0.2) is 66.7 Å². The molecule has 0 aromatic heterocycles. The average Bonchev–Trinajstić information content (AvgIpc) is 2.85. The molecule has 3 aromatic rings. The Bertz CT molecular complexity index is 1120. The summed E-state index contributed by atoms with van der Waals surface area (Å²) < 4.78 is 23.3. The number of hydrogen-bond acceptors (Lipinski definition) is 6. The van der Waals surface area contributed by atoms with Gasteiger partial charge in [0, 0.05) is 18.1 Å². The summed E-state index contributed by atoms with van der Waals surface area (Å²) >= 11 is 6.22. The van der Waals surface area contributed by atoms with E-state index in [1.54, 1.807) is 18.2 Å². The van der Waals surface area contributed by atoms with E-state index < -0.39 is 0 Å². The molecule has 1 amide bonds. The molecule has 184 valence electrons. The minimum atomic E-state index is -0.178. The maximum Gasteiger partial charge on any atom is 0.238 e. The van der Waals surface area contributed by atoms with Gasteiger partial charge in [-0.1, -0.05) is 35.9 Å². The Kier molecular flexibility index (Phi) is 8.84. The molecule has 1 aliphatic heterocycles. The number of benzene rings is 3. The fraction of sp³-hybridized carbons (Fsp3) is 0.296. The highest BCUT2D eigenvalue weighted by molar-refractivity contribution is 6.31. The second-order valence-corrected chi connectivity index (χ2v) is 8.42. The summed E-state index contributed by atoms with van der Waals surface area (Å²) in [5.41, 5.74) is 1.56. The zero-order valence-electron chi connectivity index (χ0n) is 19.7. The molecule has 0 unspecified atom stereocenters. The molecule has 0 saturated carbocycles. The maximum atomic E-state index is 13.0. The molecular weight excluding hydrogens is 468 g/mol. The molecule has 4 rings (SSSR count). The van der Waals surface area contributed by atoms with E-state index in [4.69, 9.17) is 30.5 Å². The summed E-state index contributed by atoms with van der Waals surface area (Å²) in [6.45, 7) is 5.18. The van der Waals surface area contributed by atoms with Gasteiger partial charge in [-0.3, -0.25) is 9.69 Å². The SMILES string of the molecule is CCOc1ccc(CN2CCOCCOc3ccccc3Oc3ccc(Cl)cc3NC(=O)C2)cc1. The van der Waals surface area contributed by atoms with Crippen molar-refractivity contribution in [3.05, 3.63) is 77.3 Å². The lowest BCUT2D eigenvalue weighted by atomic mass is 10.2. The van der Waals surface area contributed by atoms with Crippen molar-refractivity contribution in [3.63, 3.8) is 0 Å². The second kappa shape index (κ2) is 12.4. The molecule has 0 bridgehead atoms. The number of hydrogen-bond donors (Lipinski definition) is 1. The van der Waals surface area contributed by atoms with Gasteiger partial charge < -0.3 is 24.3 Å². The highest BCUT2D eigenvalue weighted by Crippen LogP contribution is 2.36. The molecule has 0 atom stereocenters. The molecular formula is C27H29ClN2O5. The highest BCUT2D eigenvalue weighted by Gasteiger charge is 2.16. The van der Waals surface area contributed by atoms with Crippen LogP contribution < -0.4 is 19.5 Å². The Morgan fingerprint density at radius 1 is 0.971 bits per heavy atom. The molecule has 1 heterocycles. The third-order valence-corrected chi connectivity index (χ3v) is 5.56. The first-order chi connectivity index (χ1) is 17.1. The van der Waals surface area contributed by atoms with Crippen molar-refractivity contribution in [1.29, 1.82) is 0 Å². The van der Waals surface area contributed by atoms with Crippen LogP contribution in [0.25, 0.3) is 0 Å². The van der Waals surface area contributed by atoms with Gasteiger partial charge in [-0.25, -0.2) is 0 Å². The van der Waals surface area contributed by atoms with Crippen molar-refractivity contribution >= 4 is 23.2 Å². The average molecular weight is 497 g/mol. The Morgan fingerprint density at radius 3 is 2.57 bits per heavy atom. The van der Waals surface area contributed by atoms with E-state index in [9.17, 15) is 4.79 Å². The summed E-state index contributed by atoms with van der Waals surface area (Å²) in [7, 11) is 0. The van der Waals surface area contributed by atoms with Crippen molar-refractivity contribution in [2.75, 3.05) is 44.8 Å². The van der Waals surface area contributed by atoms with Crippen molar-refractivity contribution in [2.45, 2.75) is 13.5 Å². The Hall–Kier alpha value is -3.26. The molecule has 0 radical (unpaired) electrons. The van der Waals surface area contributed by atoms with Gasteiger partial charge in [0.1, 0.15) is 12.4 Å². The van der Waals surface area contributed by atoms with E-state index in [0.29, 0.717) is 67.5 Å². The second-order valence-electron chi connectivity index (χ2n) is 7.99. The van der Waals surface area contributed by atoms with Gasteiger partial charge >= 0.3 is 0 Å². The number of carbonyl (C=O) groups is 1. The monoisotopic (exact) mass is 496 g/mol. The predicted molar refractivity (Wildman–Crippen MR) is 136 cm³/mol. The first kappa shape index (κ1) is 24.9. The van der Waals surface area contributed by atoms with Crippen molar-refractivity contribution < 1.29 is 23.7 Å². The van der Waals surface area contributed by atoms with Crippen molar-refractivity contribution in [3.8, 4) is 23.0 Å². The van der Waals surface area contributed by atoms with E-state index in [1.165, 1.54) is 0 Å². The summed E-state index contributed by atoms with van der Waals surface area (Å²) in [5, 5.41) is 3.45. The lowest BCUT2D eigenvalue weighted by molar-refractivity contribution is -0.117. The van der Waals surface area contributed by atoms with Crippen LogP contribution >= 0.6 is 11.6 Å². The van der Waals surface area contributed by atoms with E-state index in [0.717, 1.165) is 11.3 Å². The zero-order chi connectivity index (χ0) is 24.5. The molecule has 0 saturated heterocycles. The standard InChI is InChI=1S/C27H29ClN2O5/c1-2-33-22-10-7-20(8-11-22)18-30-13-14-32-15-16-34-25-5-3-4-6-26(25)35-24-12-9-21(28)17-23(24)29-27(31)19-30/h3-12,17H,2,13-16,18-19H2,1H3,(H,29,31). The van der Waals surface area contributed by atoms with Gasteiger partial charge in [-0.15, -0.1) is 0 Å². The van der Waals surface area contributed by atoms with E-state index >= 15 is 0 Å². The molecule has 0 spiro atoms. The first-order valence-corrected chi connectivity index (χ1v) is 12.0. The topological polar surface area (TPSA) is 69.3 Å². The molecule has 35 heavy (non-hydrogen) atoms. The Morgan fingerprint density at radius 2 is 1.77 bits per heavy atom. The largest absolute Gasteiger partial charge is 0.494 e. The highest BCUT2D eigenvalue weighted by atomic mass is 35.5. The number of carbonyl (C=O) groups excluding carboxylic acids is 1. The number of halogens is 1. The van der Waals surface area contributed by atoms with Crippen molar-refractivity contribution in [1.82, 2.24) is 4.90 Å². The number of nitrogens with zero attached hydrogens (tertiary/aromatic N) is 1. The quantitative estimate of drug-likeness (QED) is 0.523. The van der Waals surface area contributed by atoms with Crippen LogP contribution in [0.5, 0.6) is 23.0 Å². The third kappa shape index (κ3) is 7.36. The normalized spacial score (nSPS) is 15.3. The fourth-order valence-corrected chi connectivity index (χ4v) is 3.86. The number of ether oxygens (including phenoxy) is 4. The first-order valence-electron chi connectivity index (χ1n) is 11.6.